The van der Waals surface area contributed by atoms with E-state index in [1.165, 1.54) is 32.1 Å². The van der Waals surface area contributed by atoms with Gasteiger partial charge in [0.1, 0.15) is 0 Å². The Bertz CT molecular complexity index is 292. The van der Waals surface area contributed by atoms with Crippen LogP contribution in [0.5, 0.6) is 0 Å². The molecule has 2 rings (SSSR count). The molecule has 1 aliphatic carbocycles. The van der Waals surface area contributed by atoms with Crippen LogP contribution in [0.3, 0.4) is 0 Å². The molecule has 0 amide bonds. The minimum Gasteiger partial charge on any atom is -0.396 e. The molecule has 0 bridgehead atoms. The first-order chi connectivity index (χ1) is 6.86. The summed E-state index contributed by atoms with van der Waals surface area (Å²) in [5.41, 5.74) is 7.60. The number of rotatable bonds is 2. The molecule has 14 heavy (non-hydrogen) atoms. The summed E-state index contributed by atoms with van der Waals surface area (Å²) in [6.45, 7) is 0. The van der Waals surface area contributed by atoms with Crippen molar-refractivity contribution in [3.05, 3.63) is 18.5 Å². The molecule has 3 N–H and O–H groups in total. The van der Waals surface area contributed by atoms with E-state index in [1.807, 2.05) is 6.07 Å². The largest absolute Gasteiger partial charge is 0.396 e. The van der Waals surface area contributed by atoms with Gasteiger partial charge in [-0.1, -0.05) is 19.3 Å². The number of nitrogens with zero attached hydrogens (tertiary/aromatic N) is 1. The summed E-state index contributed by atoms with van der Waals surface area (Å²) in [7, 11) is 0. The Morgan fingerprint density at radius 2 is 2.07 bits per heavy atom. The Labute approximate surface area is 84.7 Å². The van der Waals surface area contributed by atoms with Crippen LogP contribution in [0.15, 0.2) is 18.5 Å². The van der Waals surface area contributed by atoms with Crippen molar-refractivity contribution in [2.45, 2.75) is 38.1 Å². The molecule has 3 heteroatoms. The van der Waals surface area contributed by atoms with Gasteiger partial charge in [-0.05, 0) is 18.9 Å². The van der Waals surface area contributed by atoms with E-state index in [-0.39, 0.29) is 0 Å². The maximum Gasteiger partial charge on any atom is 0.0736 e. The molecule has 1 fully saturated rings. The molecule has 0 spiro atoms. The first kappa shape index (κ1) is 9.31. The Morgan fingerprint density at radius 3 is 2.79 bits per heavy atom. The van der Waals surface area contributed by atoms with Crippen LogP contribution in [-0.4, -0.2) is 11.0 Å². The molecule has 0 unspecified atom stereocenters. The second-order valence-electron chi connectivity index (χ2n) is 3.94. The number of hydrogen-bond donors (Lipinski definition) is 2. The molecule has 1 heterocycles. The molecule has 0 aromatic carbocycles. The third-order valence-corrected chi connectivity index (χ3v) is 2.82. The van der Waals surface area contributed by atoms with Crippen molar-refractivity contribution in [1.29, 1.82) is 0 Å². The third-order valence-electron chi connectivity index (χ3n) is 2.82. The van der Waals surface area contributed by atoms with E-state index >= 15 is 0 Å². The summed E-state index contributed by atoms with van der Waals surface area (Å²) in [5.74, 6) is 0. The Morgan fingerprint density at radius 1 is 1.29 bits per heavy atom. The van der Waals surface area contributed by atoms with Crippen molar-refractivity contribution in [3.8, 4) is 0 Å². The lowest BCUT2D eigenvalue weighted by Crippen LogP contribution is -2.22. The lowest BCUT2D eigenvalue weighted by atomic mass is 9.95. The van der Waals surface area contributed by atoms with Gasteiger partial charge in [-0.2, -0.15) is 0 Å². The normalized spacial score (nSPS) is 18.0. The molecule has 76 valence electrons. The second kappa shape index (κ2) is 4.31. The SMILES string of the molecule is Nc1cnccc1NC1CCCCC1. The highest BCUT2D eigenvalue weighted by Gasteiger charge is 2.13. The van der Waals surface area contributed by atoms with Crippen LogP contribution < -0.4 is 11.1 Å². The maximum absolute atomic E-state index is 5.81. The highest BCUT2D eigenvalue weighted by Crippen LogP contribution is 2.23. The van der Waals surface area contributed by atoms with Gasteiger partial charge in [0.2, 0.25) is 0 Å². The summed E-state index contributed by atoms with van der Waals surface area (Å²) >= 11 is 0. The van der Waals surface area contributed by atoms with E-state index in [4.69, 9.17) is 5.73 Å². The Kier molecular flexibility index (Phi) is 2.87. The fraction of sp³-hybridized carbons (Fsp3) is 0.545. The van der Waals surface area contributed by atoms with Gasteiger partial charge >= 0.3 is 0 Å². The van der Waals surface area contributed by atoms with Crippen LogP contribution in [0.25, 0.3) is 0 Å². The van der Waals surface area contributed by atoms with Crippen molar-refractivity contribution in [3.63, 3.8) is 0 Å². The average molecular weight is 191 g/mol. The van der Waals surface area contributed by atoms with Crippen molar-refractivity contribution < 1.29 is 0 Å². The van der Waals surface area contributed by atoms with E-state index in [2.05, 4.69) is 10.3 Å². The van der Waals surface area contributed by atoms with Gasteiger partial charge in [-0.3, -0.25) is 4.98 Å². The first-order valence-corrected chi connectivity index (χ1v) is 5.32. The van der Waals surface area contributed by atoms with Gasteiger partial charge in [0.25, 0.3) is 0 Å². The third kappa shape index (κ3) is 2.16. The summed E-state index contributed by atoms with van der Waals surface area (Å²) in [5, 5.41) is 3.48. The van der Waals surface area contributed by atoms with E-state index in [1.54, 1.807) is 12.4 Å². The summed E-state index contributed by atoms with van der Waals surface area (Å²) in [6, 6.07) is 2.55. The Balaban J connectivity index is 1.99. The topological polar surface area (TPSA) is 50.9 Å². The molecule has 3 nitrogen and oxygen atoms in total. The number of anilines is 2. The number of aromatic nitrogens is 1. The van der Waals surface area contributed by atoms with Crippen LogP contribution in [0.1, 0.15) is 32.1 Å². The number of nitrogens with two attached hydrogens (primary N) is 1. The van der Waals surface area contributed by atoms with Crippen LogP contribution in [0.2, 0.25) is 0 Å². The monoisotopic (exact) mass is 191 g/mol. The molecular formula is C11H17N3. The second-order valence-corrected chi connectivity index (χ2v) is 3.94. The number of pyridine rings is 1. The maximum atomic E-state index is 5.81. The van der Waals surface area contributed by atoms with Crippen LogP contribution in [0.4, 0.5) is 11.4 Å². The predicted octanol–water partition coefficient (Wildman–Crippen LogP) is 2.41. The van der Waals surface area contributed by atoms with E-state index in [9.17, 15) is 0 Å². The van der Waals surface area contributed by atoms with E-state index < -0.39 is 0 Å². The molecule has 0 aliphatic heterocycles. The zero-order valence-electron chi connectivity index (χ0n) is 8.37. The van der Waals surface area contributed by atoms with Crippen molar-refractivity contribution >= 4 is 11.4 Å². The summed E-state index contributed by atoms with van der Waals surface area (Å²) in [4.78, 5) is 3.97. The quantitative estimate of drug-likeness (QED) is 0.754. The van der Waals surface area contributed by atoms with Crippen molar-refractivity contribution in [2.75, 3.05) is 11.1 Å². The van der Waals surface area contributed by atoms with Gasteiger partial charge in [0.05, 0.1) is 17.6 Å². The highest BCUT2D eigenvalue weighted by atomic mass is 14.9. The fourth-order valence-corrected chi connectivity index (χ4v) is 2.00. The van der Waals surface area contributed by atoms with Crippen molar-refractivity contribution in [1.82, 2.24) is 4.98 Å². The summed E-state index contributed by atoms with van der Waals surface area (Å²) < 4.78 is 0. The molecule has 0 radical (unpaired) electrons. The van der Waals surface area contributed by atoms with Gasteiger partial charge in [0, 0.05) is 12.2 Å². The minimum absolute atomic E-state index is 0.605. The zero-order chi connectivity index (χ0) is 9.80. The van der Waals surface area contributed by atoms with Gasteiger partial charge < -0.3 is 11.1 Å². The Hall–Kier alpha value is -1.25. The molecule has 1 saturated carbocycles. The molecule has 1 aromatic heterocycles. The zero-order valence-corrected chi connectivity index (χ0v) is 8.37. The predicted molar refractivity (Wildman–Crippen MR) is 59.1 cm³/mol. The molecule has 0 atom stereocenters. The van der Waals surface area contributed by atoms with E-state index in [0.29, 0.717) is 6.04 Å². The van der Waals surface area contributed by atoms with Gasteiger partial charge in [0.15, 0.2) is 0 Å². The smallest absolute Gasteiger partial charge is 0.0736 e. The molecule has 0 saturated heterocycles. The van der Waals surface area contributed by atoms with Crippen LogP contribution >= 0.6 is 0 Å². The molecule has 1 aliphatic rings. The van der Waals surface area contributed by atoms with Gasteiger partial charge in [-0.25, -0.2) is 0 Å². The molecular weight excluding hydrogens is 174 g/mol. The van der Waals surface area contributed by atoms with Crippen molar-refractivity contribution in [2.24, 2.45) is 0 Å². The van der Waals surface area contributed by atoms with E-state index in [0.717, 1.165) is 11.4 Å². The number of nitrogen functional groups attached to an aromatic ring is 1. The minimum atomic E-state index is 0.605. The molecule has 1 aromatic rings. The first-order valence-electron chi connectivity index (χ1n) is 5.32. The highest BCUT2D eigenvalue weighted by molar-refractivity contribution is 5.64. The average Bonchev–Trinajstić information content (AvgIpc) is 2.23. The van der Waals surface area contributed by atoms with Gasteiger partial charge in [-0.15, -0.1) is 0 Å². The summed E-state index contributed by atoms with van der Waals surface area (Å²) in [6.07, 6.45) is 10.1. The lowest BCUT2D eigenvalue weighted by Gasteiger charge is -2.24. The lowest BCUT2D eigenvalue weighted by molar-refractivity contribution is 0.463. The van der Waals surface area contributed by atoms with Crippen LogP contribution in [-0.2, 0) is 0 Å². The fourth-order valence-electron chi connectivity index (χ4n) is 2.00. The standard InChI is InChI=1S/C11H17N3/c12-10-8-13-7-6-11(10)14-9-4-2-1-3-5-9/h6-9H,1-5,12H2,(H,13,14). The van der Waals surface area contributed by atoms with Crippen LogP contribution in [0, 0.1) is 0 Å². The number of nitrogens with one attached hydrogen (secondary N) is 1. The number of hydrogen-bond acceptors (Lipinski definition) is 3.